The zero-order valence-corrected chi connectivity index (χ0v) is 11.7. The van der Waals surface area contributed by atoms with Gasteiger partial charge in [0.15, 0.2) is 0 Å². The number of rotatable bonds is 3. The average molecular weight is 259 g/mol. The number of nitrogens with one attached hydrogen (secondary N) is 2. The minimum absolute atomic E-state index is 0.585. The quantitative estimate of drug-likeness (QED) is 0.868. The summed E-state index contributed by atoms with van der Waals surface area (Å²) in [6.45, 7) is 6.87. The molecule has 104 valence electrons. The number of benzene rings is 1. The summed E-state index contributed by atoms with van der Waals surface area (Å²) in [6, 6.07) is 9.85. The number of piperidine rings is 1. The zero-order chi connectivity index (χ0) is 12.9. The van der Waals surface area contributed by atoms with Gasteiger partial charge in [0.25, 0.3) is 0 Å². The van der Waals surface area contributed by atoms with Gasteiger partial charge in [-0.1, -0.05) is 30.7 Å². The van der Waals surface area contributed by atoms with E-state index in [9.17, 15) is 0 Å². The van der Waals surface area contributed by atoms with Gasteiger partial charge in [-0.25, -0.2) is 0 Å². The first-order valence-corrected chi connectivity index (χ1v) is 7.67. The first-order chi connectivity index (χ1) is 9.42. The average Bonchev–Trinajstić information content (AvgIpc) is 2.50. The Morgan fingerprint density at radius 1 is 1.00 bits per heavy atom. The van der Waals surface area contributed by atoms with Crippen LogP contribution in [0.25, 0.3) is 0 Å². The molecule has 19 heavy (non-hydrogen) atoms. The lowest BCUT2D eigenvalue weighted by Gasteiger charge is -2.27. The molecule has 3 rings (SSSR count). The van der Waals surface area contributed by atoms with Crippen LogP contribution in [0, 0.1) is 0 Å². The third kappa shape index (κ3) is 3.56. The van der Waals surface area contributed by atoms with E-state index < -0.39 is 0 Å². The molecule has 0 aromatic heterocycles. The highest BCUT2D eigenvalue weighted by Crippen LogP contribution is 2.23. The van der Waals surface area contributed by atoms with Gasteiger partial charge < -0.3 is 10.6 Å². The summed E-state index contributed by atoms with van der Waals surface area (Å²) in [7, 11) is 0. The molecule has 1 aromatic carbocycles. The topological polar surface area (TPSA) is 27.3 Å². The van der Waals surface area contributed by atoms with Gasteiger partial charge in [-0.15, -0.1) is 0 Å². The first kappa shape index (κ1) is 13.1. The van der Waals surface area contributed by atoms with E-state index in [1.807, 2.05) is 0 Å². The Hall–Kier alpha value is -0.900. The molecule has 0 amide bonds. The molecular weight excluding hydrogens is 234 g/mol. The van der Waals surface area contributed by atoms with Crippen molar-refractivity contribution in [3.05, 3.63) is 35.4 Å². The van der Waals surface area contributed by atoms with Gasteiger partial charge in [0.2, 0.25) is 0 Å². The highest BCUT2D eigenvalue weighted by Gasteiger charge is 2.15. The van der Waals surface area contributed by atoms with E-state index >= 15 is 0 Å². The van der Waals surface area contributed by atoms with Crippen molar-refractivity contribution < 1.29 is 0 Å². The largest absolute Gasteiger partial charge is 0.314 e. The molecule has 2 heterocycles. The molecule has 1 aromatic rings. The Balaban J connectivity index is 1.58. The van der Waals surface area contributed by atoms with Crippen LogP contribution in [0.1, 0.15) is 36.4 Å². The molecule has 3 heteroatoms. The van der Waals surface area contributed by atoms with Crippen LogP contribution in [0.5, 0.6) is 0 Å². The molecule has 0 saturated carbocycles. The molecule has 0 aliphatic carbocycles. The van der Waals surface area contributed by atoms with E-state index in [2.05, 4.69) is 39.8 Å². The maximum absolute atomic E-state index is 3.62. The van der Waals surface area contributed by atoms with Crippen LogP contribution in [-0.4, -0.2) is 37.6 Å². The number of hydrogen-bond acceptors (Lipinski definition) is 3. The summed E-state index contributed by atoms with van der Waals surface area (Å²) in [6.07, 6.45) is 3.98. The fraction of sp³-hybridized carbons (Fsp3) is 0.625. The molecule has 2 saturated heterocycles. The highest BCUT2D eigenvalue weighted by atomic mass is 15.2. The number of nitrogens with zero attached hydrogens (tertiary/aromatic N) is 1. The van der Waals surface area contributed by atoms with Gasteiger partial charge in [0.05, 0.1) is 0 Å². The van der Waals surface area contributed by atoms with Crippen LogP contribution in [0.2, 0.25) is 0 Å². The molecule has 0 spiro atoms. The molecule has 1 unspecified atom stereocenters. The maximum Gasteiger partial charge on any atom is 0.0320 e. The van der Waals surface area contributed by atoms with Gasteiger partial charge >= 0.3 is 0 Å². The van der Waals surface area contributed by atoms with Gasteiger partial charge in [-0.3, -0.25) is 4.90 Å². The molecule has 1 atom stereocenters. The zero-order valence-electron chi connectivity index (χ0n) is 11.7. The van der Waals surface area contributed by atoms with Crippen molar-refractivity contribution in [2.45, 2.75) is 31.8 Å². The molecule has 0 bridgehead atoms. The lowest BCUT2D eigenvalue weighted by atomic mass is 9.97. The molecule has 2 aliphatic rings. The van der Waals surface area contributed by atoms with E-state index in [1.54, 1.807) is 0 Å². The normalized spacial score (nSPS) is 25.4. The van der Waals surface area contributed by atoms with Crippen LogP contribution >= 0.6 is 0 Å². The van der Waals surface area contributed by atoms with Crippen molar-refractivity contribution in [1.82, 2.24) is 15.5 Å². The highest BCUT2D eigenvalue weighted by molar-refractivity contribution is 5.25. The van der Waals surface area contributed by atoms with Gasteiger partial charge in [0.1, 0.15) is 0 Å². The minimum atomic E-state index is 0.585. The first-order valence-electron chi connectivity index (χ1n) is 7.67. The van der Waals surface area contributed by atoms with Crippen molar-refractivity contribution in [3.63, 3.8) is 0 Å². The second kappa shape index (κ2) is 6.51. The Morgan fingerprint density at radius 3 is 2.47 bits per heavy atom. The van der Waals surface area contributed by atoms with Crippen LogP contribution in [0.15, 0.2) is 24.3 Å². The lowest BCUT2D eigenvalue weighted by Crippen LogP contribution is -2.42. The van der Waals surface area contributed by atoms with Gasteiger partial charge in [-0.05, 0) is 30.5 Å². The maximum atomic E-state index is 3.62. The molecule has 0 radical (unpaired) electrons. The van der Waals surface area contributed by atoms with Crippen LogP contribution in [-0.2, 0) is 6.54 Å². The molecular formula is C16H25N3. The lowest BCUT2D eigenvalue weighted by molar-refractivity contribution is 0.233. The standard InChI is InChI=1S/C16H25N3/c1-2-8-18-16(3-1)15-6-4-14(5-7-15)13-19-11-9-17-10-12-19/h4-7,16-18H,1-3,8-13H2. The second-order valence-corrected chi connectivity index (χ2v) is 5.77. The van der Waals surface area contributed by atoms with Crippen molar-refractivity contribution in [3.8, 4) is 0 Å². The molecule has 2 aliphatic heterocycles. The summed E-state index contributed by atoms with van der Waals surface area (Å²) >= 11 is 0. The summed E-state index contributed by atoms with van der Waals surface area (Å²) in [4.78, 5) is 2.53. The third-order valence-electron chi connectivity index (χ3n) is 4.31. The van der Waals surface area contributed by atoms with Crippen LogP contribution < -0.4 is 10.6 Å². The van der Waals surface area contributed by atoms with E-state index in [1.165, 1.54) is 50.0 Å². The second-order valence-electron chi connectivity index (χ2n) is 5.77. The van der Waals surface area contributed by atoms with Crippen molar-refractivity contribution in [1.29, 1.82) is 0 Å². The fourth-order valence-electron chi connectivity index (χ4n) is 3.12. The van der Waals surface area contributed by atoms with E-state index in [4.69, 9.17) is 0 Å². The molecule has 2 fully saturated rings. The van der Waals surface area contributed by atoms with Gasteiger partial charge in [0, 0.05) is 38.8 Å². The monoisotopic (exact) mass is 259 g/mol. The Kier molecular flexibility index (Phi) is 4.49. The fourth-order valence-corrected chi connectivity index (χ4v) is 3.12. The van der Waals surface area contributed by atoms with Crippen LogP contribution in [0.4, 0.5) is 0 Å². The van der Waals surface area contributed by atoms with Gasteiger partial charge in [-0.2, -0.15) is 0 Å². The number of piperazine rings is 1. The van der Waals surface area contributed by atoms with E-state index in [0.717, 1.165) is 19.6 Å². The smallest absolute Gasteiger partial charge is 0.0320 e. The third-order valence-corrected chi connectivity index (χ3v) is 4.31. The summed E-state index contributed by atoms with van der Waals surface area (Å²) < 4.78 is 0. The van der Waals surface area contributed by atoms with Crippen LogP contribution in [0.3, 0.4) is 0 Å². The van der Waals surface area contributed by atoms with E-state index in [0.29, 0.717) is 6.04 Å². The Bertz CT molecular complexity index is 375. The predicted molar refractivity (Wildman–Crippen MR) is 79.2 cm³/mol. The SMILES string of the molecule is c1cc(C2CCCCN2)ccc1CN1CCNCC1. The van der Waals surface area contributed by atoms with E-state index in [-0.39, 0.29) is 0 Å². The Labute approximate surface area is 116 Å². The number of hydrogen-bond donors (Lipinski definition) is 2. The molecule has 2 N–H and O–H groups in total. The summed E-state index contributed by atoms with van der Waals surface area (Å²) in [5, 5.41) is 7.02. The predicted octanol–water partition coefficient (Wildman–Crippen LogP) is 1.91. The summed E-state index contributed by atoms with van der Waals surface area (Å²) in [5.41, 5.74) is 2.91. The Morgan fingerprint density at radius 2 is 1.79 bits per heavy atom. The van der Waals surface area contributed by atoms with Crippen molar-refractivity contribution >= 4 is 0 Å². The van der Waals surface area contributed by atoms with Crippen molar-refractivity contribution in [2.75, 3.05) is 32.7 Å². The van der Waals surface area contributed by atoms with Crippen molar-refractivity contribution in [2.24, 2.45) is 0 Å². The summed E-state index contributed by atoms with van der Waals surface area (Å²) in [5.74, 6) is 0. The molecule has 3 nitrogen and oxygen atoms in total. The minimum Gasteiger partial charge on any atom is -0.314 e.